The SMILES string of the molecule is CCn1c(N2CCO[C@@H](c3ccc(F)cc3)C2)nc(-c2ccncc2)cc1=O.Cl. The van der Waals surface area contributed by atoms with E-state index in [0.717, 1.165) is 11.1 Å². The van der Waals surface area contributed by atoms with Crippen LogP contribution >= 0.6 is 12.4 Å². The van der Waals surface area contributed by atoms with Crippen LogP contribution in [0.25, 0.3) is 11.3 Å². The Morgan fingerprint density at radius 2 is 1.90 bits per heavy atom. The molecule has 0 saturated carbocycles. The van der Waals surface area contributed by atoms with Crippen molar-refractivity contribution >= 4 is 18.4 Å². The molecule has 1 fully saturated rings. The van der Waals surface area contributed by atoms with Crippen molar-refractivity contribution in [3.05, 3.63) is 76.6 Å². The minimum Gasteiger partial charge on any atom is -0.370 e. The van der Waals surface area contributed by atoms with E-state index in [4.69, 9.17) is 9.72 Å². The topological polar surface area (TPSA) is 60.2 Å². The first-order valence-electron chi connectivity index (χ1n) is 9.30. The number of morpholine rings is 1. The lowest BCUT2D eigenvalue weighted by Gasteiger charge is -2.35. The van der Waals surface area contributed by atoms with E-state index in [1.165, 1.54) is 12.1 Å². The van der Waals surface area contributed by atoms with Gasteiger partial charge in [0.1, 0.15) is 11.9 Å². The van der Waals surface area contributed by atoms with Crippen molar-refractivity contribution in [2.45, 2.75) is 19.6 Å². The zero-order chi connectivity index (χ0) is 19.5. The van der Waals surface area contributed by atoms with E-state index in [9.17, 15) is 9.18 Å². The van der Waals surface area contributed by atoms with E-state index in [-0.39, 0.29) is 29.9 Å². The smallest absolute Gasteiger partial charge is 0.255 e. The zero-order valence-electron chi connectivity index (χ0n) is 16.0. The van der Waals surface area contributed by atoms with Gasteiger partial charge in [0, 0.05) is 37.1 Å². The summed E-state index contributed by atoms with van der Waals surface area (Å²) in [5.74, 6) is 0.347. The second kappa shape index (κ2) is 9.15. The molecule has 6 nitrogen and oxygen atoms in total. The van der Waals surface area contributed by atoms with E-state index in [0.29, 0.717) is 37.9 Å². The first kappa shape index (κ1) is 21.0. The standard InChI is InChI=1S/C21H21FN4O2.ClH/c1-2-26-20(27)13-18(15-7-9-23-10-8-15)24-21(26)25-11-12-28-19(14-25)16-3-5-17(22)6-4-16;/h3-10,13,19H,2,11-12,14H2,1H3;1H/t19-;/m1./s1. The van der Waals surface area contributed by atoms with E-state index in [2.05, 4.69) is 9.88 Å². The van der Waals surface area contributed by atoms with Gasteiger partial charge in [-0.2, -0.15) is 0 Å². The molecule has 0 unspecified atom stereocenters. The minimum absolute atomic E-state index is 0. The van der Waals surface area contributed by atoms with Gasteiger partial charge in [-0.05, 0) is 36.8 Å². The summed E-state index contributed by atoms with van der Waals surface area (Å²) >= 11 is 0. The molecule has 1 aromatic carbocycles. The minimum atomic E-state index is -0.275. The molecule has 0 N–H and O–H groups in total. The zero-order valence-corrected chi connectivity index (χ0v) is 16.8. The highest BCUT2D eigenvalue weighted by molar-refractivity contribution is 5.85. The van der Waals surface area contributed by atoms with Crippen LogP contribution < -0.4 is 10.5 Å². The fraction of sp³-hybridized carbons (Fsp3) is 0.286. The molecule has 1 atom stereocenters. The summed E-state index contributed by atoms with van der Waals surface area (Å²) in [6.45, 7) is 4.12. The first-order chi connectivity index (χ1) is 13.7. The average molecular weight is 417 g/mol. The predicted molar refractivity (Wildman–Crippen MR) is 112 cm³/mol. The lowest BCUT2D eigenvalue weighted by Crippen LogP contribution is -2.42. The molecular weight excluding hydrogens is 395 g/mol. The van der Waals surface area contributed by atoms with Crippen LogP contribution in [0.2, 0.25) is 0 Å². The van der Waals surface area contributed by atoms with Crippen molar-refractivity contribution < 1.29 is 9.13 Å². The van der Waals surface area contributed by atoms with Gasteiger partial charge in [-0.1, -0.05) is 12.1 Å². The molecule has 152 valence electrons. The summed E-state index contributed by atoms with van der Waals surface area (Å²) in [6.07, 6.45) is 3.16. The van der Waals surface area contributed by atoms with Crippen molar-refractivity contribution in [1.29, 1.82) is 0 Å². The normalized spacial score (nSPS) is 16.3. The van der Waals surface area contributed by atoms with E-state index < -0.39 is 0 Å². The average Bonchev–Trinajstić information content (AvgIpc) is 2.74. The molecule has 29 heavy (non-hydrogen) atoms. The second-order valence-electron chi connectivity index (χ2n) is 6.62. The predicted octanol–water partition coefficient (Wildman–Crippen LogP) is 3.46. The van der Waals surface area contributed by atoms with Gasteiger partial charge < -0.3 is 9.64 Å². The highest BCUT2D eigenvalue weighted by atomic mass is 35.5. The number of aromatic nitrogens is 3. The molecule has 4 rings (SSSR count). The summed E-state index contributed by atoms with van der Waals surface area (Å²) in [5, 5.41) is 0. The van der Waals surface area contributed by atoms with Crippen molar-refractivity contribution in [2.75, 3.05) is 24.6 Å². The largest absolute Gasteiger partial charge is 0.370 e. The van der Waals surface area contributed by atoms with Crippen LogP contribution in [0.15, 0.2) is 59.7 Å². The maximum absolute atomic E-state index is 13.2. The lowest BCUT2D eigenvalue weighted by molar-refractivity contribution is 0.0389. The van der Waals surface area contributed by atoms with E-state index in [1.54, 1.807) is 35.2 Å². The number of anilines is 1. The van der Waals surface area contributed by atoms with Gasteiger partial charge in [-0.25, -0.2) is 9.37 Å². The van der Waals surface area contributed by atoms with Gasteiger partial charge in [0.25, 0.3) is 5.56 Å². The van der Waals surface area contributed by atoms with Gasteiger partial charge in [-0.3, -0.25) is 14.3 Å². The third kappa shape index (κ3) is 4.46. The third-order valence-electron chi connectivity index (χ3n) is 4.87. The summed E-state index contributed by atoms with van der Waals surface area (Å²) in [5.41, 5.74) is 2.28. The fourth-order valence-corrected chi connectivity index (χ4v) is 3.41. The van der Waals surface area contributed by atoms with Crippen LogP contribution in [-0.4, -0.2) is 34.2 Å². The Hall–Kier alpha value is -2.77. The summed E-state index contributed by atoms with van der Waals surface area (Å²) in [7, 11) is 0. The molecule has 1 saturated heterocycles. The van der Waals surface area contributed by atoms with Crippen LogP contribution in [0, 0.1) is 5.82 Å². The first-order valence-corrected chi connectivity index (χ1v) is 9.30. The molecule has 0 bridgehead atoms. The van der Waals surface area contributed by atoms with Crippen LogP contribution in [0.3, 0.4) is 0 Å². The molecule has 0 aliphatic carbocycles. The van der Waals surface area contributed by atoms with Crippen LogP contribution in [0.4, 0.5) is 10.3 Å². The quantitative estimate of drug-likeness (QED) is 0.651. The van der Waals surface area contributed by atoms with Crippen LogP contribution in [0.5, 0.6) is 0 Å². The molecule has 1 aliphatic heterocycles. The molecular formula is C21H22ClFN4O2. The number of rotatable bonds is 4. The number of benzene rings is 1. The third-order valence-corrected chi connectivity index (χ3v) is 4.87. The van der Waals surface area contributed by atoms with Gasteiger partial charge >= 0.3 is 0 Å². The highest BCUT2D eigenvalue weighted by Gasteiger charge is 2.25. The van der Waals surface area contributed by atoms with Gasteiger partial charge in [0.05, 0.1) is 18.8 Å². The maximum Gasteiger partial charge on any atom is 0.255 e. The molecule has 3 heterocycles. The molecule has 8 heteroatoms. The fourth-order valence-electron chi connectivity index (χ4n) is 3.41. The Bertz CT molecular complexity index is 1010. The molecule has 2 aromatic heterocycles. The van der Waals surface area contributed by atoms with Crippen molar-refractivity contribution in [3.63, 3.8) is 0 Å². The van der Waals surface area contributed by atoms with Gasteiger partial charge in [0.15, 0.2) is 0 Å². The molecule has 0 spiro atoms. The maximum atomic E-state index is 13.2. The highest BCUT2D eigenvalue weighted by Crippen LogP contribution is 2.26. The second-order valence-corrected chi connectivity index (χ2v) is 6.62. The van der Waals surface area contributed by atoms with Crippen LogP contribution in [-0.2, 0) is 11.3 Å². The van der Waals surface area contributed by atoms with Crippen molar-refractivity contribution in [1.82, 2.24) is 14.5 Å². The number of halogens is 2. The van der Waals surface area contributed by atoms with E-state index in [1.807, 2.05) is 19.1 Å². The molecule has 0 radical (unpaired) electrons. The molecule has 1 aliphatic rings. The Morgan fingerprint density at radius 1 is 1.17 bits per heavy atom. The Labute approximate surface area is 174 Å². The monoisotopic (exact) mass is 416 g/mol. The lowest BCUT2D eigenvalue weighted by atomic mass is 10.1. The summed E-state index contributed by atoms with van der Waals surface area (Å²) in [6, 6.07) is 11.6. The number of pyridine rings is 1. The summed E-state index contributed by atoms with van der Waals surface area (Å²) < 4.78 is 20.8. The number of hydrogen-bond donors (Lipinski definition) is 0. The molecule has 0 amide bonds. The van der Waals surface area contributed by atoms with Gasteiger partial charge in [0.2, 0.25) is 5.95 Å². The van der Waals surface area contributed by atoms with E-state index >= 15 is 0 Å². The Morgan fingerprint density at radius 3 is 2.59 bits per heavy atom. The van der Waals surface area contributed by atoms with Crippen molar-refractivity contribution in [2.24, 2.45) is 0 Å². The number of ether oxygens (including phenoxy) is 1. The van der Waals surface area contributed by atoms with Gasteiger partial charge in [-0.15, -0.1) is 12.4 Å². The Balaban J connectivity index is 0.00000240. The number of hydrogen-bond acceptors (Lipinski definition) is 5. The summed E-state index contributed by atoms with van der Waals surface area (Å²) in [4.78, 5) is 23.6. The Kier molecular flexibility index (Phi) is 6.61. The van der Waals surface area contributed by atoms with Crippen molar-refractivity contribution in [3.8, 4) is 11.3 Å². The number of nitrogens with zero attached hydrogens (tertiary/aromatic N) is 4. The van der Waals surface area contributed by atoms with Crippen LogP contribution in [0.1, 0.15) is 18.6 Å². The molecule has 3 aromatic rings.